The summed E-state index contributed by atoms with van der Waals surface area (Å²) in [4.78, 5) is 33.9. The summed E-state index contributed by atoms with van der Waals surface area (Å²) in [6.07, 6.45) is 0. The Hall–Kier alpha value is -2.68. The third kappa shape index (κ3) is 4.73. The molecule has 0 aliphatic carbocycles. The fourth-order valence-corrected chi connectivity index (χ4v) is 2.01. The van der Waals surface area contributed by atoms with Gasteiger partial charge in [-0.15, -0.1) is 0 Å². The van der Waals surface area contributed by atoms with Crippen LogP contribution in [0.5, 0.6) is 0 Å². The minimum atomic E-state index is -0.618. The largest absolute Gasteiger partial charge is 0.382 e. The number of carbonyl (C=O) groups is 2. The predicted octanol–water partition coefficient (Wildman–Crippen LogP) is -0.591. The van der Waals surface area contributed by atoms with E-state index in [4.69, 9.17) is 11.5 Å². The highest BCUT2D eigenvalue weighted by Gasteiger charge is 2.19. The van der Waals surface area contributed by atoms with E-state index in [1.165, 1.54) is 17.0 Å². The van der Waals surface area contributed by atoms with Crippen LogP contribution in [-0.2, 0) is 16.1 Å². The van der Waals surface area contributed by atoms with Gasteiger partial charge in [-0.05, 0) is 5.56 Å². The second kappa shape index (κ2) is 7.20. The molecule has 0 unspecified atom stereocenters. The van der Waals surface area contributed by atoms with Gasteiger partial charge in [-0.2, -0.15) is 0 Å². The van der Waals surface area contributed by atoms with Crippen LogP contribution in [0.3, 0.4) is 0 Å². The molecule has 21 heavy (non-hydrogen) atoms. The van der Waals surface area contributed by atoms with E-state index >= 15 is 0 Å². The highest BCUT2D eigenvalue weighted by molar-refractivity contribution is 5.79. The van der Waals surface area contributed by atoms with Gasteiger partial charge >= 0.3 is 0 Å². The average Bonchev–Trinajstić information content (AvgIpc) is 2.36. The van der Waals surface area contributed by atoms with Crippen LogP contribution in [-0.4, -0.2) is 41.8 Å². The summed E-state index contributed by atoms with van der Waals surface area (Å²) in [6, 6.07) is 4.55. The molecule has 0 bridgehead atoms. The number of carbonyl (C=O) groups excluding carboxylic acids is 2. The molecule has 0 radical (unpaired) electrons. The van der Waals surface area contributed by atoms with Crippen LogP contribution in [0.4, 0.5) is 11.4 Å². The number of nitro benzene ring substituents is 1. The molecule has 114 valence electrons. The van der Waals surface area contributed by atoms with Gasteiger partial charge in [-0.3, -0.25) is 24.6 Å². The zero-order valence-corrected chi connectivity index (χ0v) is 11.5. The zero-order chi connectivity index (χ0) is 16.0. The number of rotatable bonds is 8. The molecule has 0 atom stereocenters. The highest BCUT2D eigenvalue weighted by atomic mass is 16.6. The molecule has 1 aromatic rings. The standard InChI is InChI=1S/C12H17N5O4/c1-15-12-8(3-2-4-9(12)17(20)21)5-16(6-10(13)18)7-11(14)19/h2-4,15H,5-7H2,1H3,(H2,13,18)(H2,14,19). The van der Waals surface area contributed by atoms with Crippen LogP contribution < -0.4 is 16.8 Å². The molecule has 9 nitrogen and oxygen atoms in total. The van der Waals surface area contributed by atoms with E-state index < -0.39 is 16.7 Å². The number of para-hydroxylation sites is 1. The molecular formula is C12H17N5O4. The van der Waals surface area contributed by atoms with Crippen molar-refractivity contribution < 1.29 is 14.5 Å². The van der Waals surface area contributed by atoms with E-state index in [2.05, 4.69) is 5.32 Å². The lowest BCUT2D eigenvalue weighted by Crippen LogP contribution is -2.39. The molecule has 0 spiro atoms. The number of hydrogen-bond donors (Lipinski definition) is 3. The van der Waals surface area contributed by atoms with Gasteiger partial charge in [0.15, 0.2) is 0 Å². The Balaban J connectivity index is 3.07. The molecule has 0 aliphatic rings. The van der Waals surface area contributed by atoms with Gasteiger partial charge in [-0.25, -0.2) is 0 Å². The molecule has 9 heteroatoms. The van der Waals surface area contributed by atoms with Gasteiger partial charge in [-0.1, -0.05) is 12.1 Å². The maximum absolute atomic E-state index is 11.0. The molecule has 0 fully saturated rings. The average molecular weight is 295 g/mol. The summed E-state index contributed by atoms with van der Waals surface area (Å²) in [5.41, 5.74) is 11.0. The lowest BCUT2D eigenvalue weighted by molar-refractivity contribution is -0.384. The number of nitrogens with one attached hydrogen (secondary N) is 1. The number of amides is 2. The summed E-state index contributed by atoms with van der Waals surface area (Å²) in [6.45, 7) is -0.215. The van der Waals surface area contributed by atoms with Crippen molar-refractivity contribution in [2.75, 3.05) is 25.5 Å². The van der Waals surface area contributed by atoms with Gasteiger partial charge in [0.2, 0.25) is 11.8 Å². The molecule has 0 saturated carbocycles. The summed E-state index contributed by atoms with van der Waals surface area (Å²) >= 11 is 0. The molecule has 5 N–H and O–H groups in total. The van der Waals surface area contributed by atoms with Crippen LogP contribution in [0.15, 0.2) is 18.2 Å². The van der Waals surface area contributed by atoms with E-state index in [1.54, 1.807) is 13.1 Å². The zero-order valence-electron chi connectivity index (χ0n) is 11.5. The summed E-state index contributed by atoms with van der Waals surface area (Å²) < 4.78 is 0. The predicted molar refractivity (Wildman–Crippen MR) is 76.3 cm³/mol. The normalized spacial score (nSPS) is 10.4. The Kier molecular flexibility index (Phi) is 5.61. The van der Waals surface area contributed by atoms with Gasteiger partial charge in [0, 0.05) is 19.7 Å². The number of anilines is 1. The SMILES string of the molecule is CNc1c(CN(CC(N)=O)CC(N)=O)cccc1[N+](=O)[O-]. The molecule has 0 aliphatic heterocycles. The maximum atomic E-state index is 11.0. The quantitative estimate of drug-likeness (QED) is 0.431. The van der Waals surface area contributed by atoms with Crippen LogP contribution >= 0.6 is 0 Å². The molecule has 1 rings (SSSR count). The lowest BCUT2D eigenvalue weighted by atomic mass is 10.1. The van der Waals surface area contributed by atoms with Gasteiger partial charge in [0.25, 0.3) is 5.69 Å². The first-order chi connectivity index (χ1) is 9.85. The second-order valence-electron chi connectivity index (χ2n) is 4.40. The van der Waals surface area contributed by atoms with Crippen molar-refractivity contribution in [2.45, 2.75) is 6.54 Å². The van der Waals surface area contributed by atoms with Gasteiger partial charge in [0.05, 0.1) is 18.0 Å². The van der Waals surface area contributed by atoms with Crippen molar-refractivity contribution in [1.29, 1.82) is 0 Å². The summed E-state index contributed by atoms with van der Waals surface area (Å²) in [7, 11) is 1.55. The van der Waals surface area contributed by atoms with Crippen molar-refractivity contribution in [2.24, 2.45) is 11.5 Å². The third-order valence-electron chi connectivity index (χ3n) is 2.73. The molecule has 1 aromatic carbocycles. The van der Waals surface area contributed by atoms with Crippen molar-refractivity contribution in [3.8, 4) is 0 Å². The van der Waals surface area contributed by atoms with E-state index in [9.17, 15) is 19.7 Å². The van der Waals surface area contributed by atoms with Crippen molar-refractivity contribution >= 4 is 23.2 Å². The summed E-state index contributed by atoms with van der Waals surface area (Å²) in [5.74, 6) is -1.24. The van der Waals surface area contributed by atoms with Crippen LogP contribution in [0.2, 0.25) is 0 Å². The number of primary amides is 2. The Morgan fingerprint density at radius 1 is 1.29 bits per heavy atom. The Bertz CT molecular complexity index is 545. The number of nitro groups is 1. The van der Waals surface area contributed by atoms with Crippen molar-refractivity contribution in [3.05, 3.63) is 33.9 Å². The molecule has 0 heterocycles. The first-order valence-electron chi connectivity index (χ1n) is 6.08. The third-order valence-corrected chi connectivity index (χ3v) is 2.73. The Morgan fingerprint density at radius 3 is 2.29 bits per heavy atom. The number of benzene rings is 1. The van der Waals surface area contributed by atoms with Crippen molar-refractivity contribution in [3.63, 3.8) is 0 Å². The Morgan fingerprint density at radius 2 is 1.86 bits per heavy atom. The topological polar surface area (TPSA) is 145 Å². The van der Waals surface area contributed by atoms with E-state index in [0.29, 0.717) is 11.3 Å². The van der Waals surface area contributed by atoms with Crippen LogP contribution in [0, 0.1) is 10.1 Å². The highest BCUT2D eigenvalue weighted by Crippen LogP contribution is 2.28. The van der Waals surface area contributed by atoms with Crippen LogP contribution in [0.1, 0.15) is 5.56 Å². The smallest absolute Gasteiger partial charge is 0.292 e. The van der Waals surface area contributed by atoms with E-state index in [1.807, 2.05) is 0 Å². The van der Waals surface area contributed by atoms with Gasteiger partial charge < -0.3 is 16.8 Å². The Labute approximate surface area is 121 Å². The fraction of sp³-hybridized carbons (Fsp3) is 0.333. The maximum Gasteiger partial charge on any atom is 0.292 e. The van der Waals surface area contributed by atoms with E-state index in [0.717, 1.165) is 0 Å². The van der Waals surface area contributed by atoms with Crippen molar-refractivity contribution in [1.82, 2.24) is 4.90 Å². The molecular weight excluding hydrogens is 278 g/mol. The first-order valence-corrected chi connectivity index (χ1v) is 6.08. The molecule has 0 aromatic heterocycles. The minimum absolute atomic E-state index is 0.0897. The number of hydrogen-bond acceptors (Lipinski definition) is 6. The molecule has 0 saturated heterocycles. The fourth-order valence-electron chi connectivity index (χ4n) is 2.01. The lowest BCUT2D eigenvalue weighted by Gasteiger charge is -2.20. The first kappa shape index (κ1) is 16.4. The van der Waals surface area contributed by atoms with E-state index in [-0.39, 0.29) is 25.3 Å². The van der Waals surface area contributed by atoms with Gasteiger partial charge in [0.1, 0.15) is 5.69 Å². The second-order valence-corrected chi connectivity index (χ2v) is 4.40. The number of nitrogens with zero attached hydrogens (tertiary/aromatic N) is 2. The minimum Gasteiger partial charge on any atom is -0.382 e. The number of nitrogens with two attached hydrogens (primary N) is 2. The van der Waals surface area contributed by atoms with Crippen LogP contribution in [0.25, 0.3) is 0 Å². The molecule has 2 amide bonds. The monoisotopic (exact) mass is 295 g/mol. The summed E-state index contributed by atoms with van der Waals surface area (Å²) in [5, 5.41) is 13.7.